The van der Waals surface area contributed by atoms with E-state index in [-0.39, 0.29) is 40.7 Å². The number of carboxylic acid groups (broad SMARTS) is 1. The van der Waals surface area contributed by atoms with Crippen LogP contribution < -0.4 is 10.1 Å². The normalized spacial score (nSPS) is 11.6. The maximum atomic E-state index is 13.4. The van der Waals surface area contributed by atoms with E-state index >= 15 is 0 Å². The number of hydrogen-bond acceptors (Lipinski definition) is 7. The Bertz CT molecular complexity index is 1680. The van der Waals surface area contributed by atoms with Crippen molar-refractivity contribution in [3.8, 4) is 34.3 Å². The Morgan fingerprint density at radius 1 is 0.905 bits per heavy atom. The van der Waals surface area contributed by atoms with Crippen LogP contribution in [0.5, 0.6) is 11.5 Å². The Kier molecular flexibility index (Phi) is 9.13. The summed E-state index contributed by atoms with van der Waals surface area (Å²) >= 11 is 12.2. The summed E-state index contributed by atoms with van der Waals surface area (Å²) in [5.41, 5.74) is 1.57. The summed E-state index contributed by atoms with van der Waals surface area (Å²) in [5.74, 6) is -0.649. The predicted octanol–water partition coefficient (Wildman–Crippen LogP) is 6.90. The van der Waals surface area contributed by atoms with Crippen molar-refractivity contribution in [1.29, 1.82) is 0 Å². The molecule has 1 amide bonds. The summed E-state index contributed by atoms with van der Waals surface area (Å²) in [4.78, 5) is 33.8. The van der Waals surface area contributed by atoms with Crippen LogP contribution in [0.25, 0.3) is 22.8 Å². The molecule has 11 heteroatoms. The Hall–Kier alpha value is -4.70. The average Bonchev–Trinajstić information content (AvgIpc) is 3.45. The van der Waals surface area contributed by atoms with Crippen LogP contribution in [0.4, 0.5) is 0 Å². The quantitative estimate of drug-likeness (QED) is 0.156. The van der Waals surface area contributed by atoms with Crippen molar-refractivity contribution in [1.82, 2.24) is 15.3 Å². The molecule has 2 heterocycles. The van der Waals surface area contributed by atoms with Crippen LogP contribution >= 0.6 is 23.2 Å². The van der Waals surface area contributed by atoms with Crippen molar-refractivity contribution in [2.75, 3.05) is 6.61 Å². The first kappa shape index (κ1) is 28.8. The zero-order valence-electron chi connectivity index (χ0n) is 21.9. The average molecular weight is 604 g/mol. The second kappa shape index (κ2) is 13.3. The molecule has 0 fully saturated rings. The number of halogens is 2. The van der Waals surface area contributed by atoms with Crippen molar-refractivity contribution >= 4 is 35.1 Å². The first-order valence-electron chi connectivity index (χ1n) is 12.7. The summed E-state index contributed by atoms with van der Waals surface area (Å²) in [7, 11) is 0. The van der Waals surface area contributed by atoms with Gasteiger partial charge in [0.15, 0.2) is 17.5 Å². The molecule has 0 aliphatic rings. The van der Waals surface area contributed by atoms with E-state index in [0.717, 1.165) is 5.56 Å². The molecule has 42 heavy (non-hydrogen) atoms. The van der Waals surface area contributed by atoms with E-state index in [9.17, 15) is 14.7 Å². The zero-order chi connectivity index (χ0) is 29.5. The predicted molar refractivity (Wildman–Crippen MR) is 157 cm³/mol. The molecule has 5 aromatic rings. The minimum atomic E-state index is -1.35. The highest BCUT2D eigenvalue weighted by Crippen LogP contribution is 2.33. The lowest BCUT2D eigenvalue weighted by molar-refractivity contribution is -0.141. The van der Waals surface area contributed by atoms with Gasteiger partial charge < -0.3 is 24.3 Å². The van der Waals surface area contributed by atoms with E-state index in [0.29, 0.717) is 22.6 Å². The molecule has 0 spiro atoms. The maximum Gasteiger partial charge on any atom is 0.328 e. The number of rotatable bonds is 11. The number of carbonyl (C=O) groups excluding carboxylic acids is 1. The fourth-order valence-corrected chi connectivity index (χ4v) is 4.17. The molecule has 212 valence electrons. The van der Waals surface area contributed by atoms with Gasteiger partial charge in [-0.2, -0.15) is 0 Å². The number of amides is 1. The Balaban J connectivity index is 1.39. The van der Waals surface area contributed by atoms with Gasteiger partial charge >= 0.3 is 5.97 Å². The molecule has 1 atom stereocenters. The summed E-state index contributed by atoms with van der Waals surface area (Å²) in [6, 6.07) is 25.6. The van der Waals surface area contributed by atoms with E-state index < -0.39 is 17.9 Å². The largest absolute Gasteiger partial charge is 0.480 e. The minimum Gasteiger partial charge on any atom is -0.480 e. The molecule has 0 bridgehead atoms. The van der Waals surface area contributed by atoms with E-state index in [4.69, 9.17) is 37.1 Å². The van der Waals surface area contributed by atoms with Crippen LogP contribution in [0.2, 0.25) is 10.2 Å². The van der Waals surface area contributed by atoms with Crippen molar-refractivity contribution in [2.24, 2.45) is 0 Å². The van der Waals surface area contributed by atoms with Crippen molar-refractivity contribution in [3.63, 3.8) is 0 Å². The maximum absolute atomic E-state index is 13.4. The lowest BCUT2D eigenvalue weighted by Crippen LogP contribution is -2.44. The van der Waals surface area contributed by atoms with Crippen LogP contribution in [0.1, 0.15) is 16.1 Å². The number of aromatic nitrogens is 2. The molecular formula is C31H23Cl2N3O6. The number of ether oxygens (including phenoxy) is 2. The highest BCUT2D eigenvalue weighted by atomic mass is 35.5. The van der Waals surface area contributed by atoms with Gasteiger partial charge in [-0.15, -0.1) is 0 Å². The number of hydrogen-bond donors (Lipinski definition) is 2. The minimum absolute atomic E-state index is 0.0347. The summed E-state index contributed by atoms with van der Waals surface area (Å²) in [5, 5.41) is 12.4. The van der Waals surface area contributed by atoms with E-state index in [2.05, 4.69) is 15.3 Å². The number of nitrogens with one attached hydrogen (secondary N) is 1. The summed E-state index contributed by atoms with van der Waals surface area (Å²) in [6.07, 6.45) is 1.38. The number of oxazole rings is 1. The van der Waals surface area contributed by atoms with Gasteiger partial charge in [0.05, 0.1) is 18.2 Å². The Labute approximate surface area is 250 Å². The first-order valence-corrected chi connectivity index (χ1v) is 13.4. The van der Waals surface area contributed by atoms with Crippen LogP contribution in [0, 0.1) is 0 Å². The number of carboxylic acids is 1. The van der Waals surface area contributed by atoms with Crippen molar-refractivity contribution < 1.29 is 28.6 Å². The molecule has 2 N–H and O–H groups in total. The number of para-hydroxylation sites is 1. The highest BCUT2D eigenvalue weighted by molar-refractivity contribution is 6.41. The number of benzene rings is 3. The molecule has 0 radical (unpaired) electrons. The molecule has 0 saturated heterocycles. The molecule has 5 rings (SSSR count). The fourth-order valence-electron chi connectivity index (χ4n) is 3.90. The number of carbonyl (C=O) groups is 2. The molecule has 0 saturated carbocycles. The molecule has 0 aliphatic heterocycles. The van der Waals surface area contributed by atoms with Crippen molar-refractivity contribution in [2.45, 2.75) is 12.6 Å². The topological polar surface area (TPSA) is 124 Å². The first-order chi connectivity index (χ1) is 20.4. The molecular weight excluding hydrogens is 581 g/mol. The molecule has 2 aromatic heterocycles. The van der Waals surface area contributed by atoms with Gasteiger partial charge in [-0.1, -0.05) is 71.7 Å². The van der Waals surface area contributed by atoms with E-state index in [1.165, 1.54) is 12.3 Å². The third-order valence-electron chi connectivity index (χ3n) is 5.98. The third-order valence-corrected chi connectivity index (χ3v) is 6.67. The van der Waals surface area contributed by atoms with Crippen LogP contribution in [-0.2, 0) is 16.1 Å². The summed E-state index contributed by atoms with van der Waals surface area (Å²) < 4.78 is 17.4. The standard InChI is InChI=1S/C31H23Cl2N3O6/c32-24-15-21(16-34-28(24)33)27-26(29(37)35-25(31(38)39)18-40-17-19-7-3-1-4-8-19)36-30(42-27)20-11-13-23(14-12-20)41-22-9-5-2-6-10-22/h1-16,25H,17-18H2,(H,35,37)(H,38,39). The highest BCUT2D eigenvalue weighted by Gasteiger charge is 2.28. The van der Waals surface area contributed by atoms with Gasteiger partial charge in [-0.25, -0.2) is 14.8 Å². The number of pyridine rings is 1. The van der Waals surface area contributed by atoms with Gasteiger partial charge in [0.1, 0.15) is 16.7 Å². The van der Waals surface area contributed by atoms with E-state index in [1.54, 1.807) is 24.3 Å². The third kappa shape index (κ3) is 7.13. The second-order valence-electron chi connectivity index (χ2n) is 9.00. The van der Waals surface area contributed by atoms with Gasteiger partial charge in [0.2, 0.25) is 5.89 Å². The number of nitrogens with zero attached hydrogens (tertiary/aromatic N) is 2. The van der Waals surface area contributed by atoms with Crippen LogP contribution in [0.3, 0.4) is 0 Å². The van der Waals surface area contributed by atoms with Gasteiger partial charge in [0.25, 0.3) is 5.91 Å². The van der Waals surface area contributed by atoms with Crippen molar-refractivity contribution in [3.05, 3.63) is 119 Å². The lowest BCUT2D eigenvalue weighted by Gasteiger charge is -2.14. The van der Waals surface area contributed by atoms with Crippen LogP contribution in [-0.4, -0.2) is 39.6 Å². The monoisotopic (exact) mass is 603 g/mol. The van der Waals surface area contributed by atoms with E-state index in [1.807, 2.05) is 60.7 Å². The Morgan fingerprint density at radius 2 is 1.57 bits per heavy atom. The fraction of sp³-hybridized carbons (Fsp3) is 0.0968. The summed E-state index contributed by atoms with van der Waals surface area (Å²) in [6.45, 7) is -0.0913. The lowest BCUT2D eigenvalue weighted by atomic mass is 10.1. The van der Waals surface area contributed by atoms with Gasteiger partial charge in [-0.3, -0.25) is 4.79 Å². The SMILES string of the molecule is O=C(NC(COCc1ccccc1)C(=O)O)c1nc(-c2ccc(Oc3ccccc3)cc2)oc1-c1cnc(Cl)c(Cl)c1. The second-order valence-corrected chi connectivity index (χ2v) is 9.76. The molecule has 0 aliphatic carbocycles. The molecule has 3 aromatic carbocycles. The molecule has 1 unspecified atom stereocenters. The number of aliphatic carboxylic acids is 1. The zero-order valence-corrected chi connectivity index (χ0v) is 23.4. The smallest absolute Gasteiger partial charge is 0.328 e. The Morgan fingerprint density at radius 3 is 2.24 bits per heavy atom. The molecule has 9 nitrogen and oxygen atoms in total. The van der Waals surface area contributed by atoms with Gasteiger partial charge in [-0.05, 0) is 48.0 Å². The van der Waals surface area contributed by atoms with Gasteiger partial charge in [0, 0.05) is 17.3 Å². The van der Waals surface area contributed by atoms with Crippen LogP contribution in [0.15, 0.2) is 102 Å².